The first kappa shape index (κ1) is 19.9. The molecule has 11 heteroatoms. The molecule has 2 heterocycles. The monoisotopic (exact) mass is 389 g/mol. The number of piperidine rings is 1. The third-order valence-corrected chi connectivity index (χ3v) is 4.05. The van der Waals surface area contributed by atoms with E-state index in [0.29, 0.717) is 0 Å². The molecule has 0 radical (unpaired) electrons. The van der Waals surface area contributed by atoms with Crippen LogP contribution in [0.2, 0.25) is 0 Å². The van der Waals surface area contributed by atoms with Gasteiger partial charge in [-0.05, 0) is 12.2 Å². The van der Waals surface area contributed by atoms with E-state index in [0.717, 1.165) is 13.8 Å². The van der Waals surface area contributed by atoms with E-state index < -0.39 is 54.5 Å². The first-order valence-corrected chi connectivity index (χ1v) is 8.16. The Hall–Kier alpha value is -2.43. The molecule has 0 amide bonds. The Bertz CT molecular complexity index is 637. The second-order valence-electron chi connectivity index (χ2n) is 5.77. The number of esters is 4. The minimum absolute atomic E-state index is 0.0130. The fourth-order valence-corrected chi connectivity index (χ4v) is 3.30. The molecular weight excluding hydrogens is 370 g/mol. The van der Waals surface area contributed by atoms with Crippen LogP contribution in [0.3, 0.4) is 0 Å². The van der Waals surface area contributed by atoms with Crippen molar-refractivity contribution in [1.29, 1.82) is 0 Å². The van der Waals surface area contributed by atoms with Gasteiger partial charge in [0.2, 0.25) is 6.23 Å². The first-order valence-electron chi connectivity index (χ1n) is 7.75. The predicted octanol–water partition coefficient (Wildman–Crippen LogP) is -0.330. The Morgan fingerprint density at radius 2 is 1.31 bits per heavy atom. The topological polar surface area (TPSA) is 118 Å². The van der Waals surface area contributed by atoms with Crippen LogP contribution >= 0.6 is 12.2 Å². The highest BCUT2D eigenvalue weighted by Gasteiger charge is 2.59. The summed E-state index contributed by atoms with van der Waals surface area (Å²) in [6.07, 6.45) is -4.74. The summed E-state index contributed by atoms with van der Waals surface area (Å²) in [6.45, 7) is 4.65. The smallest absolute Gasteiger partial charge is 0.304 e. The van der Waals surface area contributed by atoms with Crippen LogP contribution in [0.25, 0.3) is 0 Å². The fourth-order valence-electron chi connectivity index (χ4n) is 2.99. The molecule has 2 saturated heterocycles. The van der Waals surface area contributed by atoms with Gasteiger partial charge in [-0.2, -0.15) is 0 Å². The molecule has 0 aromatic carbocycles. The number of ether oxygens (including phenoxy) is 5. The molecule has 10 nitrogen and oxygen atoms in total. The lowest BCUT2D eigenvalue weighted by Gasteiger charge is -2.47. The minimum Gasteiger partial charge on any atom is -0.468 e. The largest absolute Gasteiger partial charge is 0.468 e. The van der Waals surface area contributed by atoms with E-state index in [4.69, 9.17) is 35.9 Å². The van der Waals surface area contributed by atoms with Crippen LogP contribution < -0.4 is 0 Å². The number of hydrogen-bond donors (Lipinski definition) is 0. The Balaban J connectivity index is 2.51. The van der Waals surface area contributed by atoms with E-state index in [1.807, 2.05) is 0 Å². The van der Waals surface area contributed by atoms with Crippen molar-refractivity contribution in [3.05, 3.63) is 0 Å². The molecule has 26 heavy (non-hydrogen) atoms. The highest BCUT2D eigenvalue weighted by molar-refractivity contribution is 7.80. The average Bonchev–Trinajstić information content (AvgIpc) is 2.86. The Kier molecular flexibility index (Phi) is 6.01. The van der Waals surface area contributed by atoms with Crippen LogP contribution in [-0.2, 0) is 42.9 Å². The summed E-state index contributed by atoms with van der Waals surface area (Å²) in [6, 6.07) is -0.688. The van der Waals surface area contributed by atoms with Crippen molar-refractivity contribution < 1.29 is 42.9 Å². The Morgan fingerprint density at radius 1 is 0.846 bits per heavy atom. The van der Waals surface area contributed by atoms with Crippen molar-refractivity contribution >= 4 is 41.3 Å². The van der Waals surface area contributed by atoms with Crippen LogP contribution in [0.4, 0.5) is 0 Å². The van der Waals surface area contributed by atoms with Gasteiger partial charge in [0.15, 0.2) is 18.3 Å². The van der Waals surface area contributed by atoms with Gasteiger partial charge in [0, 0.05) is 27.7 Å². The van der Waals surface area contributed by atoms with E-state index >= 15 is 0 Å². The molecule has 2 fully saturated rings. The molecule has 0 spiro atoms. The zero-order valence-corrected chi connectivity index (χ0v) is 15.4. The van der Waals surface area contributed by atoms with E-state index in [1.54, 1.807) is 0 Å². The summed E-state index contributed by atoms with van der Waals surface area (Å²) in [5.74, 6) is -2.72. The molecule has 0 unspecified atom stereocenters. The summed E-state index contributed by atoms with van der Waals surface area (Å²) < 4.78 is 26.4. The zero-order valence-electron chi connectivity index (χ0n) is 14.6. The lowest BCUT2D eigenvalue weighted by Crippen LogP contribution is -2.69. The van der Waals surface area contributed by atoms with Crippen LogP contribution in [-0.4, -0.2) is 71.1 Å². The van der Waals surface area contributed by atoms with Gasteiger partial charge in [-0.3, -0.25) is 24.1 Å². The number of carbonyl (C=O) groups is 4. The molecule has 2 aliphatic rings. The van der Waals surface area contributed by atoms with Gasteiger partial charge in [0.1, 0.15) is 12.6 Å². The van der Waals surface area contributed by atoms with Crippen LogP contribution in [0, 0.1) is 0 Å². The molecular formula is C15H19NO9S. The summed E-state index contributed by atoms with van der Waals surface area (Å²) in [7, 11) is 0. The number of fused-ring (bicyclic) bond motifs is 1. The predicted molar refractivity (Wildman–Crippen MR) is 86.4 cm³/mol. The van der Waals surface area contributed by atoms with E-state index in [9.17, 15) is 19.2 Å². The quantitative estimate of drug-likeness (QED) is 0.357. The number of carbonyl (C=O) groups excluding carboxylic acids is 4. The standard InChI is InChI=1S/C15H19NO9S/c1-6(17)22-11-10-5-21-15(26)16(10)14(25-9(4)20)13(24-8(3)19)12(11)23-7(2)18/h10-14H,5H2,1-4H3/t10-,11+,12+,13-,14-/m1/s1. The summed E-state index contributed by atoms with van der Waals surface area (Å²) >= 11 is 5.13. The fraction of sp³-hybridized carbons (Fsp3) is 0.667. The first-order chi connectivity index (χ1) is 12.1. The highest BCUT2D eigenvalue weighted by Crippen LogP contribution is 2.35. The molecule has 144 valence electrons. The molecule has 0 aromatic heterocycles. The molecule has 2 rings (SSSR count). The van der Waals surface area contributed by atoms with Gasteiger partial charge < -0.3 is 23.7 Å². The highest BCUT2D eigenvalue weighted by atomic mass is 32.1. The molecule has 0 bridgehead atoms. The molecule has 0 aromatic rings. The summed E-state index contributed by atoms with van der Waals surface area (Å²) in [5, 5.41) is -0.0168. The number of rotatable bonds is 4. The van der Waals surface area contributed by atoms with Crippen molar-refractivity contribution in [3.63, 3.8) is 0 Å². The lowest BCUT2D eigenvalue weighted by molar-refractivity contribution is -0.234. The van der Waals surface area contributed by atoms with Gasteiger partial charge in [0.05, 0.1) is 0 Å². The number of hydrogen-bond acceptors (Lipinski definition) is 10. The van der Waals surface area contributed by atoms with Crippen LogP contribution in [0.5, 0.6) is 0 Å². The Labute approximate surface area is 154 Å². The van der Waals surface area contributed by atoms with Crippen molar-refractivity contribution in [3.8, 4) is 0 Å². The summed E-state index contributed by atoms with van der Waals surface area (Å²) in [5.41, 5.74) is 0. The molecule has 0 N–H and O–H groups in total. The van der Waals surface area contributed by atoms with Gasteiger partial charge in [-0.25, -0.2) is 0 Å². The maximum atomic E-state index is 11.6. The van der Waals surface area contributed by atoms with Crippen LogP contribution in [0.15, 0.2) is 0 Å². The average molecular weight is 389 g/mol. The van der Waals surface area contributed by atoms with Crippen molar-refractivity contribution in [2.24, 2.45) is 0 Å². The third-order valence-electron chi connectivity index (χ3n) is 3.72. The molecule has 2 aliphatic heterocycles. The summed E-state index contributed by atoms with van der Waals surface area (Å²) in [4.78, 5) is 47.6. The molecule has 0 saturated carbocycles. The van der Waals surface area contributed by atoms with Crippen molar-refractivity contribution in [1.82, 2.24) is 4.90 Å². The normalized spacial score (nSPS) is 29.9. The SMILES string of the molecule is CC(=O)O[C@H]1[C@@H](OC(C)=O)[C@H]2COC(=S)N2[C@H](OC(C)=O)[C@@H]1OC(C)=O. The maximum Gasteiger partial charge on any atom is 0.304 e. The van der Waals surface area contributed by atoms with Gasteiger partial charge in [0.25, 0.3) is 5.17 Å². The van der Waals surface area contributed by atoms with Crippen LogP contribution in [0.1, 0.15) is 27.7 Å². The minimum atomic E-state index is -1.28. The van der Waals surface area contributed by atoms with Crippen molar-refractivity contribution in [2.75, 3.05) is 6.61 Å². The number of thiocarbonyl (C=S) groups is 1. The third kappa shape index (κ3) is 4.21. The second-order valence-corrected chi connectivity index (χ2v) is 6.12. The van der Waals surface area contributed by atoms with Gasteiger partial charge in [-0.1, -0.05) is 0 Å². The second kappa shape index (κ2) is 7.85. The van der Waals surface area contributed by atoms with E-state index in [2.05, 4.69) is 0 Å². The van der Waals surface area contributed by atoms with Gasteiger partial charge in [-0.15, -0.1) is 0 Å². The Morgan fingerprint density at radius 3 is 1.81 bits per heavy atom. The van der Waals surface area contributed by atoms with E-state index in [1.165, 1.54) is 18.7 Å². The molecule has 0 aliphatic carbocycles. The van der Waals surface area contributed by atoms with Gasteiger partial charge >= 0.3 is 23.9 Å². The van der Waals surface area contributed by atoms with Crippen molar-refractivity contribution in [2.45, 2.75) is 58.3 Å². The zero-order chi connectivity index (χ0) is 19.6. The molecule has 5 atom stereocenters. The lowest BCUT2D eigenvalue weighted by atomic mass is 9.93. The van der Waals surface area contributed by atoms with E-state index in [-0.39, 0.29) is 11.8 Å². The number of nitrogens with zero attached hydrogens (tertiary/aromatic N) is 1. The maximum absolute atomic E-state index is 11.6.